The number of thiophene rings is 1. The van der Waals surface area contributed by atoms with Gasteiger partial charge in [-0.15, -0.1) is 11.3 Å². The summed E-state index contributed by atoms with van der Waals surface area (Å²) in [6.07, 6.45) is 3.57. The van der Waals surface area contributed by atoms with Crippen LogP contribution in [0.15, 0.2) is 57.2 Å². The molecule has 0 aromatic carbocycles. The monoisotopic (exact) mass is 362 g/mol. The van der Waals surface area contributed by atoms with Crippen LogP contribution < -0.4 is 5.32 Å². The van der Waals surface area contributed by atoms with Crippen LogP contribution in [-0.4, -0.2) is 10.9 Å². The van der Waals surface area contributed by atoms with Crippen LogP contribution in [0.3, 0.4) is 0 Å². The van der Waals surface area contributed by atoms with Crippen molar-refractivity contribution in [1.82, 2.24) is 10.3 Å². The highest BCUT2D eigenvalue weighted by molar-refractivity contribution is 9.10. The average molecular weight is 363 g/mol. The number of nitrogens with one attached hydrogen (secondary N) is 1. The summed E-state index contributed by atoms with van der Waals surface area (Å²) in [5.41, 5.74) is 2.00. The lowest BCUT2D eigenvalue weighted by Crippen LogP contribution is -2.22. The molecule has 3 rings (SSSR count). The molecule has 0 unspecified atom stereocenters. The van der Waals surface area contributed by atoms with Crippen molar-refractivity contribution in [2.24, 2.45) is 0 Å². The van der Waals surface area contributed by atoms with Gasteiger partial charge in [0.25, 0.3) is 5.91 Å². The number of carbonyl (C=O) groups is 1. The van der Waals surface area contributed by atoms with Crippen molar-refractivity contribution in [1.29, 1.82) is 0 Å². The van der Waals surface area contributed by atoms with Crippen molar-refractivity contribution >= 4 is 33.2 Å². The summed E-state index contributed by atoms with van der Waals surface area (Å²) in [5, 5.41) is 4.84. The van der Waals surface area contributed by atoms with Crippen molar-refractivity contribution in [3.05, 3.63) is 64.1 Å². The van der Waals surface area contributed by atoms with E-state index < -0.39 is 0 Å². The van der Waals surface area contributed by atoms with Gasteiger partial charge in [0.05, 0.1) is 0 Å². The summed E-state index contributed by atoms with van der Waals surface area (Å²) < 4.78 is 5.74. The minimum Gasteiger partial charge on any atom is -0.444 e. The van der Waals surface area contributed by atoms with E-state index in [2.05, 4.69) is 26.2 Å². The first-order valence-electron chi connectivity index (χ1n) is 6.24. The third kappa shape index (κ3) is 3.40. The van der Waals surface area contributed by atoms with Gasteiger partial charge in [0, 0.05) is 29.4 Å². The lowest BCUT2D eigenvalue weighted by molar-refractivity contribution is 0.0922. The Morgan fingerprint density at radius 1 is 1.33 bits per heavy atom. The zero-order valence-electron chi connectivity index (χ0n) is 10.9. The van der Waals surface area contributed by atoms with Crippen LogP contribution in [0.1, 0.15) is 16.1 Å². The van der Waals surface area contributed by atoms with Crippen molar-refractivity contribution in [2.75, 3.05) is 0 Å². The number of carbonyl (C=O) groups excluding carboxylic acids is 1. The van der Waals surface area contributed by atoms with E-state index in [1.165, 1.54) is 0 Å². The molecule has 0 fully saturated rings. The van der Waals surface area contributed by atoms with E-state index >= 15 is 0 Å². The molecule has 0 atom stereocenters. The third-order valence-corrected chi connectivity index (χ3v) is 4.20. The minimum absolute atomic E-state index is 0.248. The fourth-order valence-corrected chi connectivity index (χ4v) is 2.88. The van der Waals surface area contributed by atoms with Crippen LogP contribution in [0.4, 0.5) is 0 Å². The van der Waals surface area contributed by atoms with E-state index in [-0.39, 0.29) is 11.7 Å². The maximum atomic E-state index is 11.9. The Bertz CT molecular complexity index is 753. The van der Waals surface area contributed by atoms with Gasteiger partial charge in [-0.2, -0.15) is 0 Å². The zero-order valence-corrected chi connectivity index (χ0v) is 13.3. The molecule has 0 saturated heterocycles. The molecular formula is C15H11BrN2O2S. The number of nitrogens with zero attached hydrogens (tertiary/aromatic N) is 1. The summed E-state index contributed by atoms with van der Waals surface area (Å²) in [5.74, 6) is 0.0338. The lowest BCUT2D eigenvalue weighted by atomic mass is 10.2. The van der Waals surface area contributed by atoms with E-state index in [0.717, 1.165) is 16.0 Å². The second-order valence-electron chi connectivity index (χ2n) is 4.35. The van der Waals surface area contributed by atoms with Crippen LogP contribution in [0.2, 0.25) is 0 Å². The number of hydrogen-bond acceptors (Lipinski definition) is 4. The molecule has 3 aromatic heterocycles. The SMILES string of the molecule is O=C(NCc1cncc(-c2cccs2)c1)c1ccc(Br)o1. The van der Waals surface area contributed by atoms with Crippen LogP contribution in [0.5, 0.6) is 0 Å². The number of rotatable bonds is 4. The van der Waals surface area contributed by atoms with E-state index in [0.29, 0.717) is 11.2 Å². The highest BCUT2D eigenvalue weighted by atomic mass is 79.9. The number of hydrogen-bond donors (Lipinski definition) is 1. The molecule has 21 heavy (non-hydrogen) atoms. The van der Waals surface area contributed by atoms with Gasteiger partial charge in [0.15, 0.2) is 10.4 Å². The highest BCUT2D eigenvalue weighted by Gasteiger charge is 2.10. The van der Waals surface area contributed by atoms with Gasteiger partial charge < -0.3 is 9.73 Å². The number of halogens is 1. The molecule has 106 valence electrons. The largest absolute Gasteiger partial charge is 0.444 e. The summed E-state index contributed by atoms with van der Waals surface area (Å²) in [7, 11) is 0. The predicted octanol–water partition coefficient (Wildman–Crippen LogP) is 4.10. The minimum atomic E-state index is -0.248. The van der Waals surface area contributed by atoms with Crippen molar-refractivity contribution < 1.29 is 9.21 Å². The summed E-state index contributed by atoms with van der Waals surface area (Å²) in [6, 6.07) is 9.39. The second-order valence-corrected chi connectivity index (χ2v) is 6.07. The van der Waals surface area contributed by atoms with Crippen LogP contribution in [-0.2, 0) is 6.54 Å². The first-order chi connectivity index (χ1) is 10.2. The first kappa shape index (κ1) is 14.0. The average Bonchev–Trinajstić information content (AvgIpc) is 3.16. The van der Waals surface area contributed by atoms with E-state index in [9.17, 15) is 4.79 Å². The topological polar surface area (TPSA) is 55.1 Å². The van der Waals surface area contributed by atoms with Crippen molar-refractivity contribution in [2.45, 2.75) is 6.54 Å². The maximum absolute atomic E-state index is 11.9. The number of amides is 1. The molecule has 0 radical (unpaired) electrons. The Kier molecular flexibility index (Phi) is 4.17. The maximum Gasteiger partial charge on any atom is 0.287 e. The Balaban J connectivity index is 1.68. The quantitative estimate of drug-likeness (QED) is 0.760. The number of furan rings is 1. The molecule has 1 N–H and O–H groups in total. The lowest BCUT2D eigenvalue weighted by Gasteiger charge is -2.05. The van der Waals surface area contributed by atoms with Crippen LogP contribution >= 0.6 is 27.3 Å². The van der Waals surface area contributed by atoms with Gasteiger partial charge in [-0.05, 0) is 51.1 Å². The Morgan fingerprint density at radius 3 is 2.95 bits per heavy atom. The Morgan fingerprint density at radius 2 is 2.24 bits per heavy atom. The zero-order chi connectivity index (χ0) is 14.7. The Labute approximate surface area is 134 Å². The normalized spacial score (nSPS) is 10.5. The van der Waals surface area contributed by atoms with E-state index in [1.54, 1.807) is 29.7 Å². The number of aromatic nitrogens is 1. The molecular weight excluding hydrogens is 352 g/mol. The second kappa shape index (κ2) is 6.24. The summed E-state index contributed by atoms with van der Waals surface area (Å²) >= 11 is 4.83. The number of pyridine rings is 1. The van der Waals surface area contributed by atoms with E-state index in [4.69, 9.17) is 4.42 Å². The third-order valence-electron chi connectivity index (χ3n) is 2.85. The van der Waals surface area contributed by atoms with Crippen molar-refractivity contribution in [3.63, 3.8) is 0 Å². The molecule has 0 aliphatic heterocycles. The van der Waals surface area contributed by atoms with Gasteiger partial charge in [-0.25, -0.2) is 0 Å². The van der Waals surface area contributed by atoms with Gasteiger partial charge in [-0.3, -0.25) is 9.78 Å². The molecule has 0 aliphatic carbocycles. The molecule has 1 amide bonds. The molecule has 4 nitrogen and oxygen atoms in total. The first-order valence-corrected chi connectivity index (χ1v) is 7.91. The van der Waals surface area contributed by atoms with E-state index in [1.807, 2.05) is 29.8 Å². The molecule has 0 saturated carbocycles. The molecule has 6 heteroatoms. The standard InChI is InChI=1S/C15H11BrN2O2S/c16-14-4-3-12(20-14)15(19)18-8-10-6-11(9-17-7-10)13-2-1-5-21-13/h1-7,9H,8H2,(H,18,19). The van der Waals surface area contributed by atoms with Crippen LogP contribution in [0.25, 0.3) is 10.4 Å². The summed E-state index contributed by atoms with van der Waals surface area (Å²) in [6.45, 7) is 0.406. The fraction of sp³-hybridized carbons (Fsp3) is 0.0667. The summed E-state index contributed by atoms with van der Waals surface area (Å²) in [4.78, 5) is 17.3. The smallest absolute Gasteiger partial charge is 0.287 e. The van der Waals surface area contributed by atoms with Gasteiger partial charge >= 0.3 is 0 Å². The fourth-order valence-electron chi connectivity index (χ4n) is 1.87. The highest BCUT2D eigenvalue weighted by Crippen LogP contribution is 2.24. The molecule has 0 spiro atoms. The van der Waals surface area contributed by atoms with Gasteiger partial charge in [0.2, 0.25) is 0 Å². The van der Waals surface area contributed by atoms with Crippen molar-refractivity contribution in [3.8, 4) is 10.4 Å². The molecule has 3 heterocycles. The Hall–Kier alpha value is -1.92. The van der Waals surface area contributed by atoms with Crippen LogP contribution in [0, 0.1) is 0 Å². The molecule has 3 aromatic rings. The molecule has 0 aliphatic rings. The van der Waals surface area contributed by atoms with Gasteiger partial charge in [0.1, 0.15) is 0 Å². The predicted molar refractivity (Wildman–Crippen MR) is 85.1 cm³/mol. The molecule has 0 bridgehead atoms. The van der Waals surface area contributed by atoms with Gasteiger partial charge in [-0.1, -0.05) is 6.07 Å².